The number of methoxy groups -OCH3 is 2. The van der Waals surface area contributed by atoms with Crippen molar-refractivity contribution in [2.24, 2.45) is 11.8 Å². The maximum atomic E-state index is 16.1. The van der Waals surface area contributed by atoms with Gasteiger partial charge in [-0.2, -0.15) is 0 Å². The van der Waals surface area contributed by atoms with Crippen molar-refractivity contribution in [3.63, 3.8) is 0 Å². The Bertz CT molecular complexity index is 1750. The van der Waals surface area contributed by atoms with Crippen LogP contribution in [-0.2, 0) is 36.0 Å². The average molecular weight is 779 g/mol. The van der Waals surface area contributed by atoms with Crippen LogP contribution in [0.2, 0.25) is 23.2 Å². The minimum atomic E-state index is -3.05. The highest BCUT2D eigenvalue weighted by atomic mass is 35.5. The second kappa shape index (κ2) is 16.1. The third-order valence-corrected chi connectivity index (χ3v) is 19.9. The maximum absolute atomic E-state index is 16.1. The summed E-state index contributed by atoms with van der Waals surface area (Å²) in [5.74, 6) is -0.335. The largest absolute Gasteiger partial charge is 0.490 e. The molecule has 52 heavy (non-hydrogen) atoms. The van der Waals surface area contributed by atoms with E-state index in [0.29, 0.717) is 55.5 Å². The zero-order valence-corrected chi connectivity index (χ0v) is 34.6. The van der Waals surface area contributed by atoms with Crippen molar-refractivity contribution >= 4 is 41.4 Å². The first-order valence-electron chi connectivity index (χ1n) is 18.3. The summed E-state index contributed by atoms with van der Waals surface area (Å²) in [7, 11) is -2.36. The molecule has 1 aliphatic carbocycles. The molecule has 1 saturated heterocycles. The van der Waals surface area contributed by atoms with Crippen molar-refractivity contribution in [2.45, 2.75) is 95.6 Å². The number of hydrogen-bond donors (Lipinski definition) is 2. The molecule has 9 nitrogen and oxygen atoms in total. The SMILES string of the molecule is COC(=O)c1ccc2c(c1)N(C[C@@H]1CCO[C@H]1C(OC)/C(F)=C/C[C@H](C)CS(=N)(=O)N[Si](C)(C)C(C)(C)C)C[C@@]1(CCCc3cc(Cl)ccc31)CO2. The van der Waals surface area contributed by atoms with Crippen LogP contribution in [0.3, 0.4) is 0 Å². The van der Waals surface area contributed by atoms with Crippen LogP contribution >= 0.6 is 11.6 Å². The predicted octanol–water partition coefficient (Wildman–Crippen LogP) is 8.46. The summed E-state index contributed by atoms with van der Waals surface area (Å²) in [5, 5.41) is 0.641. The molecule has 2 N–H and O–H groups in total. The smallest absolute Gasteiger partial charge is 0.337 e. The van der Waals surface area contributed by atoms with Gasteiger partial charge in [0.25, 0.3) is 0 Å². The summed E-state index contributed by atoms with van der Waals surface area (Å²) < 4.78 is 64.8. The molecule has 0 radical (unpaired) electrons. The normalized spacial score (nSPS) is 24.7. The lowest BCUT2D eigenvalue weighted by Crippen LogP contribution is -2.55. The summed E-state index contributed by atoms with van der Waals surface area (Å²) in [6.07, 6.45) is 3.91. The number of carbonyl (C=O) groups excluding carboxylic acids is 1. The number of benzene rings is 2. The van der Waals surface area contributed by atoms with Gasteiger partial charge in [0, 0.05) is 48.9 Å². The fourth-order valence-electron chi connectivity index (χ4n) is 7.74. The van der Waals surface area contributed by atoms with E-state index in [9.17, 15) is 9.00 Å². The molecule has 13 heteroatoms. The Morgan fingerprint density at radius 2 is 2.00 bits per heavy atom. The summed E-state index contributed by atoms with van der Waals surface area (Å²) in [5.41, 5.74) is 3.34. The number of nitrogens with zero attached hydrogens (tertiary/aromatic N) is 1. The molecule has 2 aromatic carbocycles. The van der Waals surface area contributed by atoms with E-state index in [1.807, 2.05) is 25.1 Å². The molecule has 1 spiro atoms. The van der Waals surface area contributed by atoms with Gasteiger partial charge in [-0.1, -0.05) is 58.5 Å². The predicted molar refractivity (Wildman–Crippen MR) is 209 cm³/mol. The number of hydrogen-bond acceptors (Lipinski definition) is 8. The van der Waals surface area contributed by atoms with E-state index < -0.39 is 42.2 Å². The number of nitrogens with one attached hydrogen (secondary N) is 2. The molecule has 0 aromatic heterocycles. The number of aryl methyl sites for hydroxylation is 1. The Morgan fingerprint density at radius 1 is 1.25 bits per heavy atom. The van der Waals surface area contributed by atoms with Gasteiger partial charge in [-0.25, -0.2) is 18.2 Å². The van der Waals surface area contributed by atoms with Crippen LogP contribution in [0.1, 0.15) is 74.9 Å². The van der Waals surface area contributed by atoms with Gasteiger partial charge in [0.1, 0.15) is 25.9 Å². The van der Waals surface area contributed by atoms with E-state index in [-0.39, 0.29) is 28.0 Å². The van der Waals surface area contributed by atoms with E-state index in [2.05, 4.69) is 55.3 Å². The lowest BCUT2D eigenvalue weighted by Gasteiger charge is -2.41. The van der Waals surface area contributed by atoms with Crippen LogP contribution < -0.4 is 14.0 Å². The molecule has 0 bridgehead atoms. The van der Waals surface area contributed by atoms with Gasteiger partial charge in [-0.05, 0) is 90.6 Å². The Hall–Kier alpha value is -2.48. The quantitative estimate of drug-likeness (QED) is 0.164. The molecule has 6 atom stereocenters. The topological polar surface area (TPSA) is 110 Å². The van der Waals surface area contributed by atoms with E-state index in [4.69, 9.17) is 35.3 Å². The van der Waals surface area contributed by atoms with Gasteiger partial charge >= 0.3 is 5.97 Å². The number of allylic oxidation sites excluding steroid dienone is 1. The third-order valence-electron chi connectivity index (χ3n) is 11.5. The van der Waals surface area contributed by atoms with Crippen LogP contribution in [0.15, 0.2) is 48.3 Å². The molecule has 1 fully saturated rings. The van der Waals surface area contributed by atoms with Crippen molar-refractivity contribution in [3.05, 3.63) is 70.0 Å². The Labute approximate surface area is 316 Å². The lowest BCUT2D eigenvalue weighted by molar-refractivity contribution is -0.0322. The standard InChI is InChI=1S/C39H57ClFN3O6SSi/c1-26(23-51(42,46)43-52(7,8)38(2,3)4)11-15-32(41)36(47-5)35-29(17-19-49-35)22-44-24-39(18-9-10-27-20-30(40)13-14-31(27)39)25-50-34-16-12-28(21-33(34)44)37(45)48-6/h12-16,20-21,26,29,35-36H,9-11,17-19,22-25H2,1-8H3,(H2,42,43,46)/b32-15-/t26-,29-,35+,36?,39-,51?/m0/s1. The molecule has 2 aromatic rings. The zero-order chi connectivity index (χ0) is 38.1. The molecule has 288 valence electrons. The van der Waals surface area contributed by atoms with E-state index >= 15 is 4.39 Å². The number of fused-ring (bicyclic) bond motifs is 3. The second-order valence-corrected chi connectivity index (χ2v) is 24.3. The first-order valence-corrected chi connectivity index (χ1v) is 23.4. The molecule has 3 aliphatic rings. The number of rotatable bonds is 12. The molecular formula is C39H57ClFN3O6SSi. The van der Waals surface area contributed by atoms with Gasteiger partial charge in [-0.3, -0.25) is 4.39 Å². The minimum absolute atomic E-state index is 0.0721. The minimum Gasteiger partial charge on any atom is -0.490 e. The van der Waals surface area contributed by atoms with Crippen LogP contribution in [0, 0.1) is 16.6 Å². The summed E-state index contributed by atoms with van der Waals surface area (Å²) >= 11 is 6.43. The van der Waals surface area contributed by atoms with Gasteiger partial charge in [-0.15, -0.1) is 0 Å². The number of esters is 1. The van der Waals surface area contributed by atoms with E-state index in [0.717, 1.165) is 24.9 Å². The highest BCUT2D eigenvalue weighted by Gasteiger charge is 2.45. The zero-order valence-electron chi connectivity index (χ0n) is 32.0. The van der Waals surface area contributed by atoms with Crippen LogP contribution in [-0.4, -0.2) is 76.9 Å². The highest BCUT2D eigenvalue weighted by Crippen LogP contribution is 2.45. The highest BCUT2D eigenvalue weighted by molar-refractivity contribution is 7.91. The maximum Gasteiger partial charge on any atom is 0.337 e. The first kappa shape index (κ1) is 40.7. The fourth-order valence-corrected chi connectivity index (χ4v) is 13.7. The number of halogens is 2. The number of anilines is 1. The average Bonchev–Trinajstić information content (AvgIpc) is 3.46. The molecule has 2 unspecified atom stereocenters. The fraction of sp³-hybridized carbons (Fsp3) is 0.615. The van der Waals surface area contributed by atoms with E-state index in [1.54, 1.807) is 6.07 Å². The molecule has 0 amide bonds. The Kier molecular flexibility index (Phi) is 12.6. The van der Waals surface area contributed by atoms with Gasteiger partial charge < -0.3 is 23.8 Å². The number of ether oxygens (including phenoxy) is 4. The summed E-state index contributed by atoms with van der Waals surface area (Å²) in [6, 6.07) is 11.5. The number of carbonyl (C=O) groups is 1. The van der Waals surface area contributed by atoms with Gasteiger partial charge in [0.2, 0.25) is 0 Å². The third kappa shape index (κ3) is 9.06. The molecule has 2 aliphatic heterocycles. The second-order valence-electron chi connectivity index (χ2n) is 16.6. The van der Waals surface area contributed by atoms with Gasteiger partial charge in [0.15, 0.2) is 0 Å². The van der Waals surface area contributed by atoms with Crippen LogP contribution in [0.5, 0.6) is 5.75 Å². The first-order chi connectivity index (χ1) is 24.4. The Balaban J connectivity index is 1.38. The summed E-state index contributed by atoms with van der Waals surface area (Å²) in [4.78, 5) is 14.9. The summed E-state index contributed by atoms with van der Waals surface area (Å²) in [6.45, 7) is 14.5. The molecular weight excluding hydrogens is 721 g/mol. The van der Waals surface area contributed by atoms with Gasteiger partial charge in [0.05, 0.1) is 41.0 Å². The monoisotopic (exact) mass is 777 g/mol. The van der Waals surface area contributed by atoms with Crippen molar-refractivity contribution in [1.82, 2.24) is 4.39 Å². The molecule has 2 heterocycles. The van der Waals surface area contributed by atoms with Crippen molar-refractivity contribution in [2.75, 3.05) is 51.2 Å². The van der Waals surface area contributed by atoms with E-state index in [1.165, 1.54) is 31.4 Å². The lowest BCUT2D eigenvalue weighted by atomic mass is 9.70. The molecule has 5 rings (SSSR count). The van der Waals surface area contributed by atoms with Crippen molar-refractivity contribution < 1.29 is 32.3 Å². The van der Waals surface area contributed by atoms with Crippen molar-refractivity contribution in [1.29, 1.82) is 4.78 Å². The van der Waals surface area contributed by atoms with Crippen molar-refractivity contribution in [3.8, 4) is 5.75 Å². The van der Waals surface area contributed by atoms with Crippen LogP contribution in [0.4, 0.5) is 10.1 Å². The Morgan fingerprint density at radius 3 is 2.69 bits per heavy atom. The molecule has 0 saturated carbocycles. The van der Waals surface area contributed by atoms with Crippen LogP contribution in [0.25, 0.3) is 0 Å².